The molecule has 1 aliphatic rings. The van der Waals surface area contributed by atoms with Gasteiger partial charge in [-0.2, -0.15) is 12.8 Å². The van der Waals surface area contributed by atoms with Crippen LogP contribution >= 0.6 is 0 Å². The first-order chi connectivity index (χ1) is 6.67. The smallest absolute Gasteiger partial charge is 0.360 e. The van der Waals surface area contributed by atoms with Crippen LogP contribution in [0.5, 0.6) is 0 Å². The molecule has 0 spiro atoms. The quantitative estimate of drug-likeness (QED) is 0.675. The van der Waals surface area contributed by atoms with E-state index in [-0.39, 0.29) is 31.1 Å². The molecule has 1 saturated carbocycles. The predicted octanol–water partition coefficient (Wildman–Crippen LogP) is 2.39. The minimum absolute atomic E-state index is 0. The summed E-state index contributed by atoms with van der Waals surface area (Å²) >= 11 is 0. The number of hydrogen-bond acceptors (Lipinski definition) is 2. The van der Waals surface area contributed by atoms with Gasteiger partial charge in [-0.15, -0.1) is 6.54 Å². The number of carbonyl (C=O) groups is 1. The van der Waals surface area contributed by atoms with E-state index in [0.717, 1.165) is 25.8 Å². The molecular formula is C12H23NOU. The first-order valence-electron chi connectivity index (χ1n) is 5.51. The third-order valence-electron chi connectivity index (χ3n) is 2.40. The standard InChI is InChI=1S/C8H13O.C4H10N.U/c1-3-4-8(9)7-5-6(7)2;1-2-3-4-5;/h6-7H,1,3-5H2,2H3;3H,2,4-5H2,1H3;/q2*-1;+2. The van der Waals surface area contributed by atoms with Gasteiger partial charge < -0.3 is 19.1 Å². The van der Waals surface area contributed by atoms with E-state index in [1.165, 1.54) is 0 Å². The molecule has 0 bridgehead atoms. The second-order valence-electron chi connectivity index (χ2n) is 3.82. The van der Waals surface area contributed by atoms with E-state index < -0.39 is 0 Å². The molecule has 1 rings (SSSR count). The second kappa shape index (κ2) is 11.2. The zero-order valence-corrected chi connectivity index (χ0v) is 14.1. The van der Waals surface area contributed by atoms with Crippen molar-refractivity contribution >= 4 is 5.78 Å². The Bertz CT molecular complexity index is 160. The molecular weight excluding hydrogens is 412 g/mol. The van der Waals surface area contributed by atoms with Crippen molar-refractivity contribution in [1.82, 2.24) is 0 Å². The Kier molecular flexibility index (Phi) is 13.5. The van der Waals surface area contributed by atoms with Crippen LogP contribution < -0.4 is 5.73 Å². The third kappa shape index (κ3) is 9.60. The van der Waals surface area contributed by atoms with Gasteiger partial charge in [-0.05, 0) is 18.8 Å². The van der Waals surface area contributed by atoms with Crippen LogP contribution in [0.25, 0.3) is 0 Å². The molecule has 0 saturated heterocycles. The van der Waals surface area contributed by atoms with Gasteiger partial charge in [0, 0.05) is 5.92 Å². The normalized spacial score (nSPS) is 22.1. The second-order valence-corrected chi connectivity index (χ2v) is 3.82. The van der Waals surface area contributed by atoms with Gasteiger partial charge in [0.15, 0.2) is 0 Å². The summed E-state index contributed by atoms with van der Waals surface area (Å²) in [6.07, 6.45) is 5.70. The van der Waals surface area contributed by atoms with Crippen LogP contribution in [0.15, 0.2) is 0 Å². The topological polar surface area (TPSA) is 43.1 Å². The number of Topliss-reactive ketones (excluding diaryl/α,β-unsaturated/α-hetero) is 1. The van der Waals surface area contributed by atoms with E-state index in [0.29, 0.717) is 24.0 Å². The Morgan fingerprint density at radius 3 is 2.33 bits per heavy atom. The Hall–Kier alpha value is 0.682. The zero-order chi connectivity index (χ0) is 11.0. The summed E-state index contributed by atoms with van der Waals surface area (Å²) in [6, 6.07) is 0. The molecule has 2 nitrogen and oxygen atoms in total. The molecule has 0 heterocycles. The van der Waals surface area contributed by atoms with E-state index in [9.17, 15) is 4.79 Å². The number of ketones is 1. The number of carbonyl (C=O) groups excluding carboxylic acids is 1. The molecule has 0 radical (unpaired) electrons. The summed E-state index contributed by atoms with van der Waals surface area (Å²) in [7, 11) is 0. The van der Waals surface area contributed by atoms with Gasteiger partial charge in [0.1, 0.15) is 5.78 Å². The van der Waals surface area contributed by atoms with Crippen molar-refractivity contribution in [1.29, 1.82) is 0 Å². The summed E-state index contributed by atoms with van der Waals surface area (Å²) < 4.78 is 0. The fraction of sp³-hybridized carbons (Fsp3) is 0.750. The van der Waals surface area contributed by atoms with Crippen molar-refractivity contribution in [3.63, 3.8) is 0 Å². The number of nitrogens with two attached hydrogens (primary N) is 1. The molecule has 2 atom stereocenters. The average molecular weight is 435 g/mol. The van der Waals surface area contributed by atoms with Gasteiger partial charge in [0.05, 0.1) is 0 Å². The van der Waals surface area contributed by atoms with Gasteiger partial charge in [0.2, 0.25) is 0 Å². The fourth-order valence-electron chi connectivity index (χ4n) is 1.30. The maximum Gasteiger partial charge on any atom is 2.00 e. The molecule has 0 aromatic carbocycles. The van der Waals surface area contributed by atoms with Crippen molar-refractivity contribution in [2.75, 3.05) is 6.54 Å². The molecule has 1 fully saturated rings. The molecule has 0 amide bonds. The van der Waals surface area contributed by atoms with E-state index in [2.05, 4.69) is 20.8 Å². The predicted molar refractivity (Wildman–Crippen MR) is 60.5 cm³/mol. The molecule has 0 aromatic rings. The summed E-state index contributed by atoms with van der Waals surface area (Å²) in [4.78, 5) is 11.0. The Morgan fingerprint density at radius 2 is 2.13 bits per heavy atom. The largest absolute Gasteiger partial charge is 2.00 e. The molecule has 15 heavy (non-hydrogen) atoms. The van der Waals surface area contributed by atoms with Gasteiger partial charge in [-0.25, -0.2) is 0 Å². The van der Waals surface area contributed by atoms with Crippen molar-refractivity contribution in [2.24, 2.45) is 17.6 Å². The van der Waals surface area contributed by atoms with Crippen LogP contribution in [0.1, 0.15) is 39.5 Å². The molecule has 2 unspecified atom stereocenters. The summed E-state index contributed by atoms with van der Waals surface area (Å²) in [5.74, 6) is 1.51. The van der Waals surface area contributed by atoms with E-state index in [1.807, 2.05) is 6.42 Å². The molecule has 1 aliphatic carbocycles. The molecule has 86 valence electrons. The minimum atomic E-state index is 0. The molecule has 0 aromatic heterocycles. The Balaban J connectivity index is 0. The van der Waals surface area contributed by atoms with Crippen molar-refractivity contribution < 1.29 is 35.9 Å². The van der Waals surface area contributed by atoms with Crippen molar-refractivity contribution in [3.8, 4) is 0 Å². The first kappa shape index (κ1) is 18.1. The van der Waals surface area contributed by atoms with Gasteiger partial charge in [-0.1, -0.05) is 13.8 Å². The maximum atomic E-state index is 11.0. The summed E-state index contributed by atoms with van der Waals surface area (Å²) in [5, 5.41) is 0. The molecule has 0 aliphatic heterocycles. The zero-order valence-electron chi connectivity index (χ0n) is 9.96. The SMILES string of the molecule is CC[CH-]CN.[CH2-]CCC(=O)C1CC1C.[U+2]. The van der Waals surface area contributed by atoms with Crippen LogP contribution in [0, 0.1) is 56.3 Å². The van der Waals surface area contributed by atoms with Gasteiger partial charge in [-0.3, -0.25) is 4.79 Å². The minimum Gasteiger partial charge on any atom is -0.360 e. The van der Waals surface area contributed by atoms with Gasteiger partial charge in [0.25, 0.3) is 0 Å². The molecule has 3 heteroatoms. The summed E-state index contributed by atoms with van der Waals surface area (Å²) in [5.41, 5.74) is 5.08. The fourth-order valence-corrected chi connectivity index (χ4v) is 1.30. The number of unbranched alkanes of at least 4 members (excludes halogenated alkanes) is 1. The molecule has 2 N–H and O–H groups in total. The first-order valence-corrected chi connectivity index (χ1v) is 5.51. The monoisotopic (exact) mass is 435 g/mol. The van der Waals surface area contributed by atoms with E-state index in [4.69, 9.17) is 5.73 Å². The van der Waals surface area contributed by atoms with Crippen molar-refractivity contribution in [2.45, 2.75) is 39.5 Å². The van der Waals surface area contributed by atoms with Crippen LogP contribution in [0.4, 0.5) is 0 Å². The van der Waals surface area contributed by atoms with Crippen molar-refractivity contribution in [3.05, 3.63) is 13.3 Å². The van der Waals surface area contributed by atoms with Gasteiger partial charge >= 0.3 is 31.1 Å². The number of rotatable bonds is 5. The number of hydrogen-bond donors (Lipinski definition) is 1. The van der Waals surface area contributed by atoms with E-state index in [1.54, 1.807) is 0 Å². The van der Waals surface area contributed by atoms with Crippen LogP contribution in [-0.2, 0) is 4.79 Å². The van der Waals surface area contributed by atoms with E-state index >= 15 is 0 Å². The Morgan fingerprint density at radius 1 is 1.60 bits per heavy atom. The maximum absolute atomic E-state index is 11.0. The third-order valence-corrected chi connectivity index (χ3v) is 2.40. The average Bonchev–Trinajstić information content (AvgIpc) is 2.86. The van der Waals surface area contributed by atoms with Crippen LogP contribution in [0.2, 0.25) is 0 Å². The Labute approximate surface area is 118 Å². The van der Waals surface area contributed by atoms with Crippen LogP contribution in [0.3, 0.4) is 0 Å². The summed E-state index contributed by atoms with van der Waals surface area (Å²) in [6.45, 7) is 8.57. The van der Waals surface area contributed by atoms with Crippen LogP contribution in [-0.4, -0.2) is 12.3 Å².